The minimum absolute atomic E-state index is 0.0354. The first-order valence-electron chi connectivity index (χ1n) is 27.1. The van der Waals surface area contributed by atoms with Gasteiger partial charge in [0, 0.05) is 102 Å². The molecule has 80 heavy (non-hydrogen) atoms. The molecular formula is C57H72N14O9. The van der Waals surface area contributed by atoms with Gasteiger partial charge in [0.05, 0.1) is 23.6 Å². The minimum atomic E-state index is -1.15. The molecule has 2 atom stereocenters. The Morgan fingerprint density at radius 1 is 0.550 bits per heavy atom. The summed E-state index contributed by atoms with van der Waals surface area (Å²) in [6.07, 6.45) is -0.213. The molecule has 8 rings (SSSR count). The molecule has 2 saturated heterocycles. The van der Waals surface area contributed by atoms with E-state index >= 15 is 0 Å². The molecule has 0 unspecified atom stereocenters. The molecule has 5 amide bonds. The fraction of sp³-hybridized carbons (Fsp3) is 0.421. The molecule has 23 nitrogen and oxygen atoms in total. The number of hydrogen-bond donors (Lipinski definition) is 8. The van der Waals surface area contributed by atoms with E-state index < -0.39 is 29.8 Å². The summed E-state index contributed by atoms with van der Waals surface area (Å²) in [6.45, 7) is 18.9. The van der Waals surface area contributed by atoms with Gasteiger partial charge >= 0.3 is 0 Å². The SMILES string of the molecule is CCNC(=O)c1nnc(-c2cc(C(C)C)c(O)cc2O)n1-c1ccc(CN2CCN(C(=O)C[C@H](N)C(=O)N[C@@H](C)C(=O)N3CCN(Cc4ccc(-n5c(C(=O)NCC)nnc5-c5cc(C(C)C)c(O)cc5O)cc4)CC3)CC2)cc1. The first-order valence-corrected chi connectivity index (χ1v) is 27.1. The molecule has 0 radical (unpaired) electrons. The van der Waals surface area contributed by atoms with E-state index in [-0.39, 0.29) is 76.4 Å². The number of aromatic hydroxyl groups is 4. The highest BCUT2D eigenvalue weighted by atomic mass is 16.3. The summed E-state index contributed by atoms with van der Waals surface area (Å²) in [5.41, 5.74) is 11.3. The van der Waals surface area contributed by atoms with Crippen LogP contribution in [0.4, 0.5) is 0 Å². The summed E-state index contributed by atoms with van der Waals surface area (Å²) in [6, 6.07) is 19.0. The quantitative estimate of drug-likeness (QED) is 0.0569. The predicted molar refractivity (Wildman–Crippen MR) is 298 cm³/mol. The second-order valence-corrected chi connectivity index (χ2v) is 20.9. The van der Waals surface area contributed by atoms with Crippen LogP contribution in [0.5, 0.6) is 23.0 Å². The molecule has 4 heterocycles. The lowest BCUT2D eigenvalue weighted by Gasteiger charge is -2.36. The molecule has 424 valence electrons. The summed E-state index contributed by atoms with van der Waals surface area (Å²) < 4.78 is 3.16. The van der Waals surface area contributed by atoms with Gasteiger partial charge in [0.15, 0.2) is 11.6 Å². The number of aromatic nitrogens is 6. The maximum Gasteiger partial charge on any atom is 0.289 e. The summed E-state index contributed by atoms with van der Waals surface area (Å²) >= 11 is 0. The Morgan fingerprint density at radius 3 is 1.34 bits per heavy atom. The first kappa shape index (κ1) is 57.8. The van der Waals surface area contributed by atoms with Gasteiger partial charge in [-0.25, -0.2) is 0 Å². The highest BCUT2D eigenvalue weighted by Gasteiger charge is 2.31. The van der Waals surface area contributed by atoms with Crippen molar-refractivity contribution in [2.45, 2.75) is 91.9 Å². The van der Waals surface area contributed by atoms with E-state index in [1.807, 2.05) is 76.2 Å². The fourth-order valence-electron chi connectivity index (χ4n) is 10.0. The van der Waals surface area contributed by atoms with E-state index in [9.17, 15) is 44.4 Å². The van der Waals surface area contributed by atoms with Crippen LogP contribution in [-0.2, 0) is 27.5 Å². The fourth-order valence-corrected chi connectivity index (χ4v) is 10.0. The predicted octanol–water partition coefficient (Wildman–Crippen LogP) is 3.96. The third-order valence-electron chi connectivity index (χ3n) is 14.5. The molecule has 0 saturated carbocycles. The second kappa shape index (κ2) is 25.1. The first-order chi connectivity index (χ1) is 38.3. The van der Waals surface area contributed by atoms with Crippen molar-refractivity contribution in [2.75, 3.05) is 65.4 Å². The topological polar surface area (TPSA) is 303 Å². The van der Waals surface area contributed by atoms with Gasteiger partial charge in [-0.3, -0.25) is 42.9 Å². The van der Waals surface area contributed by atoms with E-state index in [4.69, 9.17) is 5.73 Å². The Balaban J connectivity index is 0.796. The number of phenolic OH excluding ortho intramolecular Hbond substituents is 4. The lowest BCUT2D eigenvalue weighted by molar-refractivity contribution is -0.138. The Labute approximate surface area is 464 Å². The number of amides is 5. The van der Waals surface area contributed by atoms with Crippen LogP contribution in [-0.4, -0.2) is 177 Å². The molecular weight excluding hydrogens is 1020 g/mol. The lowest BCUT2D eigenvalue weighted by atomic mass is 9.98. The van der Waals surface area contributed by atoms with E-state index in [1.54, 1.807) is 51.8 Å². The monoisotopic (exact) mass is 1100 g/mol. The number of nitrogens with two attached hydrogens (primary N) is 1. The molecule has 0 spiro atoms. The average Bonchev–Trinajstić information content (AvgIpc) is 4.21. The van der Waals surface area contributed by atoms with E-state index in [1.165, 1.54) is 12.1 Å². The van der Waals surface area contributed by atoms with Gasteiger partial charge in [-0.15, -0.1) is 20.4 Å². The number of nitrogens with zero attached hydrogens (tertiary/aromatic N) is 10. The molecule has 2 aliphatic heterocycles. The van der Waals surface area contributed by atoms with Gasteiger partial charge in [-0.1, -0.05) is 52.0 Å². The standard InChI is InChI=1S/C57H72N14O9/c1-8-59-55(78)52-64-62-50(42-26-40(33(3)4)45(72)29-47(42)74)70(52)38-14-10-36(11-15-38)31-66-18-22-68(23-19-66)49(76)28-44(58)54(77)61-35(7)57(80)69-24-20-67(21-25-69)32-37-12-16-39(17-13-37)71-51(63-65-53(71)56(79)60-9-2)43-27-41(34(5)6)46(73)30-48(43)75/h10-17,26-27,29-30,33-35,44,72-75H,8-9,18-25,28,31-32,58H2,1-7H3,(H,59,78)(H,60,79)(H,61,77)/t35-,44-/m0/s1. The van der Waals surface area contributed by atoms with Gasteiger partial charge in [0.1, 0.15) is 29.0 Å². The average molecular weight is 1100 g/mol. The van der Waals surface area contributed by atoms with Crippen LogP contribution < -0.4 is 21.7 Å². The van der Waals surface area contributed by atoms with E-state index in [0.29, 0.717) is 112 Å². The Hall–Kier alpha value is -8.41. The van der Waals surface area contributed by atoms with Crippen LogP contribution in [0.1, 0.15) is 110 Å². The maximum atomic E-state index is 13.6. The number of piperazine rings is 2. The molecule has 23 heteroatoms. The maximum absolute atomic E-state index is 13.6. The van der Waals surface area contributed by atoms with Crippen molar-refractivity contribution in [3.05, 3.63) is 107 Å². The second-order valence-electron chi connectivity index (χ2n) is 20.9. The van der Waals surface area contributed by atoms with Crippen molar-refractivity contribution in [1.82, 2.24) is 65.1 Å². The third-order valence-corrected chi connectivity index (χ3v) is 14.5. The summed E-state index contributed by atoms with van der Waals surface area (Å²) in [5, 5.41) is 68.0. The zero-order valence-corrected chi connectivity index (χ0v) is 46.3. The highest BCUT2D eigenvalue weighted by Crippen LogP contribution is 2.40. The normalized spacial score (nSPS) is 15.0. The van der Waals surface area contributed by atoms with Gasteiger partial charge in [0.25, 0.3) is 11.8 Å². The van der Waals surface area contributed by atoms with Gasteiger partial charge in [-0.2, -0.15) is 0 Å². The van der Waals surface area contributed by atoms with Crippen LogP contribution in [0.15, 0.2) is 72.8 Å². The van der Waals surface area contributed by atoms with Gasteiger partial charge < -0.3 is 51.9 Å². The van der Waals surface area contributed by atoms with Crippen molar-refractivity contribution in [2.24, 2.45) is 5.73 Å². The number of rotatable bonds is 19. The summed E-state index contributed by atoms with van der Waals surface area (Å²) in [4.78, 5) is 74.3. The number of phenols is 4. The number of nitrogens with one attached hydrogen (secondary N) is 3. The van der Waals surface area contributed by atoms with Crippen LogP contribution >= 0.6 is 0 Å². The number of carbonyl (C=O) groups is 5. The summed E-state index contributed by atoms with van der Waals surface area (Å²) in [7, 11) is 0. The Morgan fingerprint density at radius 2 is 0.950 bits per heavy atom. The zero-order chi connectivity index (χ0) is 57.5. The van der Waals surface area contributed by atoms with E-state index in [2.05, 4.69) is 46.1 Å². The Kier molecular flexibility index (Phi) is 18.2. The van der Waals surface area contributed by atoms with Crippen LogP contribution in [0.2, 0.25) is 0 Å². The van der Waals surface area contributed by atoms with Crippen molar-refractivity contribution in [3.63, 3.8) is 0 Å². The number of benzene rings is 4. The third kappa shape index (κ3) is 12.9. The largest absolute Gasteiger partial charge is 0.508 e. The molecule has 2 fully saturated rings. The number of hydrogen-bond acceptors (Lipinski definition) is 16. The smallest absolute Gasteiger partial charge is 0.289 e. The minimum Gasteiger partial charge on any atom is -0.508 e. The molecule has 2 aromatic heterocycles. The lowest BCUT2D eigenvalue weighted by Crippen LogP contribution is -2.56. The van der Waals surface area contributed by atoms with Gasteiger partial charge in [-0.05, 0) is 91.3 Å². The zero-order valence-electron chi connectivity index (χ0n) is 46.3. The van der Waals surface area contributed by atoms with Crippen molar-refractivity contribution < 1.29 is 44.4 Å². The van der Waals surface area contributed by atoms with Crippen LogP contribution in [0.3, 0.4) is 0 Å². The molecule has 6 aromatic rings. The molecule has 0 bridgehead atoms. The van der Waals surface area contributed by atoms with Crippen LogP contribution in [0, 0.1) is 0 Å². The number of carbonyl (C=O) groups excluding carboxylic acids is 5. The molecule has 4 aromatic carbocycles. The molecule has 2 aliphatic rings. The van der Waals surface area contributed by atoms with Gasteiger partial charge in [0.2, 0.25) is 29.4 Å². The van der Waals surface area contributed by atoms with Crippen molar-refractivity contribution in [3.8, 4) is 57.1 Å². The highest BCUT2D eigenvalue weighted by molar-refractivity contribution is 5.94. The van der Waals surface area contributed by atoms with Crippen molar-refractivity contribution in [1.29, 1.82) is 0 Å². The van der Waals surface area contributed by atoms with Crippen molar-refractivity contribution >= 4 is 29.5 Å². The Bertz CT molecular complexity index is 3210. The molecule has 9 N–H and O–H groups in total. The van der Waals surface area contributed by atoms with E-state index in [0.717, 1.165) is 11.1 Å². The molecule has 0 aliphatic carbocycles. The van der Waals surface area contributed by atoms with Crippen LogP contribution in [0.25, 0.3) is 34.2 Å². The summed E-state index contributed by atoms with van der Waals surface area (Å²) in [5.74, 6) is -2.04.